The molecule has 4 atom stereocenters. The van der Waals surface area contributed by atoms with Crippen molar-refractivity contribution in [3.63, 3.8) is 0 Å². The number of aliphatic hydroxyl groups is 2. The lowest BCUT2D eigenvalue weighted by molar-refractivity contribution is -0.0451. The van der Waals surface area contributed by atoms with Gasteiger partial charge in [-0.05, 0) is 0 Å². The number of aromatic amines is 1. The number of aliphatic hydroxyl groups excluding tert-OH is 2. The Morgan fingerprint density at radius 3 is 3.00 bits per heavy atom. The van der Waals surface area contributed by atoms with Gasteiger partial charge in [-0.3, -0.25) is 9.36 Å². The molecule has 2 aromatic rings. The summed E-state index contributed by atoms with van der Waals surface area (Å²) in [5, 5.41) is 18.6. The highest BCUT2D eigenvalue weighted by Crippen LogP contribution is 2.34. The number of hydrogen-bond acceptors (Lipinski definition) is 7. The quantitative estimate of drug-likeness (QED) is 0.515. The molecule has 10 heteroatoms. The lowest BCUT2D eigenvalue weighted by Gasteiger charge is -2.16. The Bertz CT molecular complexity index is 701. The Hall–Kier alpha value is -2.04. The fourth-order valence-electron chi connectivity index (χ4n) is 2.25. The summed E-state index contributed by atoms with van der Waals surface area (Å²) in [6.45, 7) is -0.543. The molecule has 0 amide bonds. The van der Waals surface area contributed by atoms with Gasteiger partial charge in [-0.2, -0.15) is 0 Å². The minimum atomic E-state index is -1.83. The SMILES string of the molecule is Nc1nc2c(=O)[nH]cnc2n1[C@@H]1O[C@H](CO)[C@@H](O)[C@H]1F. The van der Waals surface area contributed by atoms with Crippen LogP contribution in [0.2, 0.25) is 0 Å². The molecule has 1 aliphatic rings. The topological polar surface area (TPSA) is 139 Å². The van der Waals surface area contributed by atoms with Crippen molar-refractivity contribution < 1.29 is 19.3 Å². The van der Waals surface area contributed by atoms with Crippen molar-refractivity contribution in [2.75, 3.05) is 12.3 Å². The highest BCUT2D eigenvalue weighted by Gasteiger charge is 2.46. The number of nitrogens with two attached hydrogens (primary N) is 1. The summed E-state index contributed by atoms with van der Waals surface area (Å²) >= 11 is 0. The lowest BCUT2D eigenvalue weighted by Crippen LogP contribution is -2.30. The second-order valence-corrected chi connectivity index (χ2v) is 4.43. The number of alkyl halides is 1. The Morgan fingerprint density at radius 2 is 2.35 bits per heavy atom. The molecule has 108 valence electrons. The second kappa shape index (κ2) is 4.51. The van der Waals surface area contributed by atoms with Gasteiger partial charge in [0.15, 0.2) is 23.6 Å². The molecule has 1 aliphatic heterocycles. The number of halogens is 1. The van der Waals surface area contributed by atoms with Crippen LogP contribution in [-0.4, -0.2) is 54.7 Å². The number of hydrogen-bond donors (Lipinski definition) is 4. The highest BCUT2D eigenvalue weighted by atomic mass is 19.1. The van der Waals surface area contributed by atoms with Crippen molar-refractivity contribution in [3.05, 3.63) is 16.7 Å². The zero-order valence-corrected chi connectivity index (χ0v) is 10.1. The van der Waals surface area contributed by atoms with Crippen LogP contribution >= 0.6 is 0 Å². The summed E-state index contributed by atoms with van der Waals surface area (Å²) in [5.74, 6) is -0.164. The van der Waals surface area contributed by atoms with Gasteiger partial charge in [0, 0.05) is 0 Å². The third kappa shape index (κ3) is 1.69. The van der Waals surface area contributed by atoms with Crippen molar-refractivity contribution >= 4 is 17.1 Å². The molecular weight excluding hydrogens is 273 g/mol. The van der Waals surface area contributed by atoms with E-state index in [9.17, 15) is 14.3 Å². The van der Waals surface area contributed by atoms with Crippen molar-refractivity contribution in [1.29, 1.82) is 0 Å². The fraction of sp³-hybridized carbons (Fsp3) is 0.500. The van der Waals surface area contributed by atoms with Crippen LogP contribution in [0.4, 0.5) is 10.3 Å². The van der Waals surface area contributed by atoms with Crippen LogP contribution in [-0.2, 0) is 4.74 Å². The van der Waals surface area contributed by atoms with E-state index in [4.69, 9.17) is 15.6 Å². The van der Waals surface area contributed by atoms with Crippen molar-refractivity contribution in [1.82, 2.24) is 19.5 Å². The molecule has 20 heavy (non-hydrogen) atoms. The molecule has 3 rings (SSSR count). The third-order valence-corrected chi connectivity index (χ3v) is 3.24. The zero-order valence-electron chi connectivity index (χ0n) is 10.1. The van der Waals surface area contributed by atoms with E-state index in [1.807, 2.05) is 0 Å². The van der Waals surface area contributed by atoms with Crippen molar-refractivity contribution in [3.8, 4) is 0 Å². The van der Waals surface area contributed by atoms with E-state index in [-0.39, 0.29) is 17.1 Å². The first-order valence-electron chi connectivity index (χ1n) is 5.84. The van der Waals surface area contributed by atoms with Gasteiger partial charge in [-0.1, -0.05) is 0 Å². The van der Waals surface area contributed by atoms with E-state index in [0.29, 0.717) is 0 Å². The van der Waals surface area contributed by atoms with E-state index < -0.39 is 36.8 Å². The summed E-state index contributed by atoms with van der Waals surface area (Å²) in [7, 11) is 0. The van der Waals surface area contributed by atoms with Gasteiger partial charge in [-0.15, -0.1) is 0 Å². The smallest absolute Gasteiger partial charge is 0.278 e. The molecule has 5 N–H and O–H groups in total. The summed E-state index contributed by atoms with van der Waals surface area (Å²) < 4.78 is 20.4. The maximum absolute atomic E-state index is 14.1. The predicted octanol–water partition coefficient (Wildman–Crippen LogP) is -1.71. The van der Waals surface area contributed by atoms with E-state index in [1.165, 1.54) is 0 Å². The van der Waals surface area contributed by atoms with Gasteiger partial charge < -0.3 is 25.7 Å². The molecule has 0 spiro atoms. The van der Waals surface area contributed by atoms with E-state index in [2.05, 4.69) is 15.0 Å². The summed E-state index contributed by atoms with van der Waals surface area (Å²) in [4.78, 5) is 21.6. The van der Waals surface area contributed by atoms with Crippen LogP contribution in [0, 0.1) is 0 Å². The van der Waals surface area contributed by atoms with E-state index in [0.717, 1.165) is 10.9 Å². The van der Waals surface area contributed by atoms with Gasteiger partial charge in [0.2, 0.25) is 5.95 Å². The maximum Gasteiger partial charge on any atom is 0.278 e. The number of nitrogens with one attached hydrogen (secondary N) is 1. The molecule has 0 radical (unpaired) electrons. The van der Waals surface area contributed by atoms with Gasteiger partial charge in [0.05, 0.1) is 12.9 Å². The maximum atomic E-state index is 14.1. The van der Waals surface area contributed by atoms with Crippen LogP contribution in [0.5, 0.6) is 0 Å². The average molecular weight is 285 g/mol. The number of fused-ring (bicyclic) bond motifs is 1. The number of nitrogen functional groups attached to an aromatic ring is 1. The molecule has 0 bridgehead atoms. The number of anilines is 1. The van der Waals surface area contributed by atoms with Gasteiger partial charge >= 0.3 is 0 Å². The highest BCUT2D eigenvalue weighted by molar-refractivity contribution is 5.72. The zero-order chi connectivity index (χ0) is 14.4. The number of H-pyrrole nitrogens is 1. The molecule has 0 aliphatic carbocycles. The predicted molar refractivity (Wildman–Crippen MR) is 64.5 cm³/mol. The number of nitrogens with zero attached hydrogens (tertiary/aromatic N) is 3. The lowest BCUT2D eigenvalue weighted by atomic mass is 10.1. The van der Waals surface area contributed by atoms with Crippen molar-refractivity contribution in [2.45, 2.75) is 24.6 Å². The molecule has 1 saturated heterocycles. The summed E-state index contributed by atoms with van der Waals surface area (Å²) in [6, 6.07) is 0. The molecule has 0 aromatic carbocycles. The molecule has 9 nitrogen and oxygen atoms in total. The summed E-state index contributed by atoms with van der Waals surface area (Å²) in [5.41, 5.74) is 5.14. The van der Waals surface area contributed by atoms with Crippen LogP contribution in [0.1, 0.15) is 6.23 Å². The normalized spacial score (nSPS) is 30.1. The van der Waals surface area contributed by atoms with E-state index in [1.54, 1.807) is 0 Å². The first-order chi connectivity index (χ1) is 9.54. The number of ether oxygens (including phenoxy) is 1. The largest absolute Gasteiger partial charge is 0.394 e. The molecule has 2 aromatic heterocycles. The number of aromatic nitrogens is 4. The van der Waals surface area contributed by atoms with Gasteiger partial charge in [0.1, 0.15) is 12.2 Å². The second-order valence-electron chi connectivity index (χ2n) is 4.43. The molecular formula is C10H12FN5O4. The molecule has 3 heterocycles. The van der Waals surface area contributed by atoms with Gasteiger partial charge in [0.25, 0.3) is 5.56 Å². The number of imidazole rings is 1. The Labute approximate surface area is 110 Å². The van der Waals surface area contributed by atoms with Crippen LogP contribution < -0.4 is 11.3 Å². The van der Waals surface area contributed by atoms with E-state index >= 15 is 0 Å². The standard InChI is InChI=1S/C10H12FN5O4/c11-4-6(18)3(1-17)20-9(4)16-7-5(15-10(16)12)8(19)14-2-13-7/h2-4,6,9,17-18H,1H2,(H2,12,15)(H,13,14,19)/t3-,4-,6-,9-/m1/s1. The van der Waals surface area contributed by atoms with Crippen LogP contribution in [0.25, 0.3) is 11.2 Å². The Kier molecular flexibility index (Phi) is 2.92. The number of rotatable bonds is 2. The first-order valence-corrected chi connectivity index (χ1v) is 5.84. The fourth-order valence-corrected chi connectivity index (χ4v) is 2.25. The third-order valence-electron chi connectivity index (χ3n) is 3.24. The minimum Gasteiger partial charge on any atom is -0.394 e. The molecule has 0 unspecified atom stereocenters. The minimum absolute atomic E-state index is 0.0460. The molecule has 1 fully saturated rings. The summed E-state index contributed by atoms with van der Waals surface area (Å²) in [6.07, 6.45) is -4.57. The first kappa shape index (κ1) is 13.0. The molecule has 0 saturated carbocycles. The average Bonchev–Trinajstić information content (AvgIpc) is 2.90. The van der Waals surface area contributed by atoms with Gasteiger partial charge in [-0.25, -0.2) is 14.4 Å². The Balaban J connectivity index is 2.14. The van der Waals surface area contributed by atoms with Crippen LogP contribution in [0.15, 0.2) is 11.1 Å². The Morgan fingerprint density at radius 1 is 1.60 bits per heavy atom. The van der Waals surface area contributed by atoms with Crippen LogP contribution in [0.3, 0.4) is 0 Å². The van der Waals surface area contributed by atoms with Crippen molar-refractivity contribution in [2.24, 2.45) is 0 Å². The monoisotopic (exact) mass is 285 g/mol.